The first-order chi connectivity index (χ1) is 17.5. The van der Waals surface area contributed by atoms with Crippen LogP contribution >= 0.6 is 0 Å². The van der Waals surface area contributed by atoms with Crippen molar-refractivity contribution in [3.8, 4) is 0 Å². The fourth-order valence-electron chi connectivity index (χ4n) is 4.84. The topological polar surface area (TPSA) is 100 Å². The highest BCUT2D eigenvalue weighted by molar-refractivity contribution is 6.10. The maximum Gasteiger partial charge on any atom is 0.256 e. The Morgan fingerprint density at radius 3 is 2.72 bits per heavy atom. The molecule has 0 atom stereocenters. The molecule has 2 aliphatic heterocycles. The maximum absolute atomic E-state index is 13.6. The monoisotopic (exact) mass is 485 g/mol. The van der Waals surface area contributed by atoms with E-state index in [1.807, 2.05) is 38.1 Å². The summed E-state index contributed by atoms with van der Waals surface area (Å²) in [7, 11) is 0. The molecule has 0 aliphatic carbocycles. The highest BCUT2D eigenvalue weighted by Gasteiger charge is 2.31. The lowest BCUT2D eigenvalue weighted by Crippen LogP contribution is -2.37. The summed E-state index contributed by atoms with van der Waals surface area (Å²) in [5.74, 6) is 0.795. The number of ether oxygens (including phenoxy) is 1. The van der Waals surface area contributed by atoms with Crippen LogP contribution in [-0.2, 0) is 22.5 Å². The third-order valence-corrected chi connectivity index (χ3v) is 6.85. The average molecular weight is 486 g/mol. The SMILES string of the molecule is Cc1cc(C)c(/C=C2/Cc3cc(C(=O)NCC4CCOCC4)cnc3N(Cc3ccncc3)C2=O)[nH]1. The zero-order valence-corrected chi connectivity index (χ0v) is 20.7. The number of pyridine rings is 2. The van der Waals surface area contributed by atoms with Crippen LogP contribution < -0.4 is 10.2 Å². The van der Waals surface area contributed by atoms with E-state index in [1.54, 1.807) is 23.5 Å². The first-order valence-electron chi connectivity index (χ1n) is 12.4. The van der Waals surface area contributed by atoms with Crippen LogP contribution in [0, 0.1) is 19.8 Å². The largest absolute Gasteiger partial charge is 0.381 e. The van der Waals surface area contributed by atoms with Gasteiger partial charge in [0.05, 0.1) is 12.1 Å². The van der Waals surface area contributed by atoms with Crippen molar-refractivity contribution in [2.75, 3.05) is 24.7 Å². The third-order valence-electron chi connectivity index (χ3n) is 6.85. The molecule has 8 heteroatoms. The molecule has 0 radical (unpaired) electrons. The van der Waals surface area contributed by atoms with Crippen molar-refractivity contribution < 1.29 is 14.3 Å². The summed E-state index contributed by atoms with van der Waals surface area (Å²) in [4.78, 5) is 40.3. The number of aryl methyl sites for hydroxylation is 2. The Morgan fingerprint density at radius 1 is 1.22 bits per heavy atom. The Hall–Kier alpha value is -3.78. The van der Waals surface area contributed by atoms with Gasteiger partial charge in [0.2, 0.25) is 0 Å². The minimum Gasteiger partial charge on any atom is -0.381 e. The smallest absolute Gasteiger partial charge is 0.256 e. The number of hydrogen-bond donors (Lipinski definition) is 2. The van der Waals surface area contributed by atoms with E-state index in [2.05, 4.69) is 26.3 Å². The molecule has 0 unspecified atom stereocenters. The Kier molecular flexibility index (Phi) is 6.95. The maximum atomic E-state index is 13.6. The number of fused-ring (bicyclic) bond motifs is 1. The fraction of sp³-hybridized carbons (Fsp3) is 0.357. The van der Waals surface area contributed by atoms with E-state index in [4.69, 9.17) is 4.74 Å². The molecule has 0 spiro atoms. The van der Waals surface area contributed by atoms with E-state index in [9.17, 15) is 9.59 Å². The second-order valence-corrected chi connectivity index (χ2v) is 9.61. The number of amides is 2. The van der Waals surface area contributed by atoms with Crippen LogP contribution in [0.4, 0.5) is 5.82 Å². The van der Waals surface area contributed by atoms with Crippen LogP contribution in [0.5, 0.6) is 0 Å². The molecular formula is C28H31N5O3. The van der Waals surface area contributed by atoms with Gasteiger partial charge in [-0.3, -0.25) is 19.5 Å². The number of aromatic amines is 1. The zero-order valence-electron chi connectivity index (χ0n) is 20.7. The Labute approximate surface area is 210 Å². The first kappa shape index (κ1) is 23.9. The highest BCUT2D eigenvalue weighted by atomic mass is 16.5. The van der Waals surface area contributed by atoms with Gasteiger partial charge in [0.1, 0.15) is 5.82 Å². The van der Waals surface area contributed by atoms with Crippen LogP contribution in [0.3, 0.4) is 0 Å². The predicted octanol–water partition coefficient (Wildman–Crippen LogP) is 3.75. The lowest BCUT2D eigenvalue weighted by molar-refractivity contribution is -0.115. The number of carbonyl (C=O) groups excluding carboxylic acids is 2. The number of nitrogens with one attached hydrogen (secondary N) is 2. The molecule has 0 aromatic carbocycles. The molecule has 2 N–H and O–H groups in total. The Bertz CT molecular complexity index is 1290. The molecule has 186 valence electrons. The number of rotatable bonds is 6. The molecule has 8 nitrogen and oxygen atoms in total. The highest BCUT2D eigenvalue weighted by Crippen LogP contribution is 2.32. The molecule has 36 heavy (non-hydrogen) atoms. The number of carbonyl (C=O) groups is 2. The quantitative estimate of drug-likeness (QED) is 0.518. The fourth-order valence-corrected chi connectivity index (χ4v) is 4.84. The number of aromatic nitrogens is 3. The summed E-state index contributed by atoms with van der Waals surface area (Å²) >= 11 is 0. The summed E-state index contributed by atoms with van der Waals surface area (Å²) < 4.78 is 5.41. The predicted molar refractivity (Wildman–Crippen MR) is 137 cm³/mol. The zero-order chi connectivity index (χ0) is 25.1. The van der Waals surface area contributed by atoms with Crippen molar-refractivity contribution in [1.29, 1.82) is 0 Å². The van der Waals surface area contributed by atoms with E-state index in [0.29, 0.717) is 42.4 Å². The molecule has 0 bridgehead atoms. The van der Waals surface area contributed by atoms with Gasteiger partial charge in [-0.1, -0.05) is 0 Å². The summed E-state index contributed by atoms with van der Waals surface area (Å²) in [6.07, 6.45) is 9.24. The standard InChI is InChI=1S/C28H31N5O3/c1-18-11-19(2)32-25(18)14-23-12-22-13-24(27(34)31-15-20-5-9-36-10-6-20)16-30-26(22)33(28(23)35)17-21-3-7-29-8-4-21/h3-4,7-8,11,13-14,16,20,32H,5-6,9-10,12,15,17H2,1-2H3,(H,31,34)/b23-14-. The van der Waals surface area contributed by atoms with Gasteiger partial charge in [-0.15, -0.1) is 0 Å². The van der Waals surface area contributed by atoms with Crippen LogP contribution in [0.25, 0.3) is 6.08 Å². The molecule has 5 heterocycles. The first-order valence-corrected chi connectivity index (χ1v) is 12.4. The molecule has 1 fully saturated rings. The van der Waals surface area contributed by atoms with Crippen molar-refractivity contribution in [1.82, 2.24) is 20.3 Å². The lowest BCUT2D eigenvalue weighted by atomic mass is 9.96. The van der Waals surface area contributed by atoms with Gasteiger partial charge in [0.25, 0.3) is 11.8 Å². The van der Waals surface area contributed by atoms with Crippen molar-refractivity contribution in [2.24, 2.45) is 5.92 Å². The third kappa shape index (κ3) is 5.23. The van der Waals surface area contributed by atoms with Crippen molar-refractivity contribution in [2.45, 2.75) is 39.7 Å². The van der Waals surface area contributed by atoms with Gasteiger partial charge >= 0.3 is 0 Å². The minimum atomic E-state index is -0.143. The lowest BCUT2D eigenvalue weighted by Gasteiger charge is -2.30. The van der Waals surface area contributed by atoms with Crippen molar-refractivity contribution in [3.63, 3.8) is 0 Å². The van der Waals surface area contributed by atoms with Gasteiger partial charge in [-0.2, -0.15) is 0 Å². The number of H-pyrrole nitrogens is 1. The Morgan fingerprint density at radius 2 is 2.00 bits per heavy atom. The average Bonchev–Trinajstić information content (AvgIpc) is 3.22. The van der Waals surface area contributed by atoms with E-state index < -0.39 is 0 Å². The summed E-state index contributed by atoms with van der Waals surface area (Å²) in [6, 6.07) is 7.71. The van der Waals surface area contributed by atoms with Crippen LogP contribution in [0.1, 0.15) is 51.3 Å². The number of nitrogens with zero attached hydrogens (tertiary/aromatic N) is 3. The Balaban J connectivity index is 1.44. The van der Waals surface area contributed by atoms with Gasteiger partial charge in [0.15, 0.2) is 0 Å². The van der Waals surface area contributed by atoms with E-state index in [1.165, 1.54) is 0 Å². The van der Waals surface area contributed by atoms with Gasteiger partial charge < -0.3 is 15.0 Å². The molecule has 0 saturated carbocycles. The summed E-state index contributed by atoms with van der Waals surface area (Å²) in [5.41, 5.74) is 6.02. The van der Waals surface area contributed by atoms with Crippen molar-refractivity contribution in [3.05, 3.63) is 82.1 Å². The molecule has 2 amide bonds. The second-order valence-electron chi connectivity index (χ2n) is 9.61. The normalized spacial score (nSPS) is 17.3. The van der Waals surface area contributed by atoms with E-state index in [-0.39, 0.29) is 11.8 Å². The summed E-state index contributed by atoms with van der Waals surface area (Å²) in [5, 5.41) is 3.05. The van der Waals surface area contributed by atoms with Gasteiger partial charge in [-0.25, -0.2) is 4.98 Å². The van der Waals surface area contributed by atoms with Crippen LogP contribution in [-0.4, -0.2) is 46.5 Å². The summed E-state index contributed by atoms with van der Waals surface area (Å²) in [6.45, 7) is 6.51. The number of anilines is 1. The van der Waals surface area contributed by atoms with E-state index >= 15 is 0 Å². The molecule has 1 saturated heterocycles. The molecule has 5 rings (SSSR count). The second kappa shape index (κ2) is 10.5. The molecule has 3 aromatic rings. The van der Waals surface area contributed by atoms with E-state index in [0.717, 1.165) is 54.1 Å². The van der Waals surface area contributed by atoms with Crippen LogP contribution in [0.2, 0.25) is 0 Å². The molecule has 3 aromatic heterocycles. The van der Waals surface area contributed by atoms with Crippen molar-refractivity contribution >= 4 is 23.7 Å². The van der Waals surface area contributed by atoms with Gasteiger partial charge in [0, 0.05) is 67.3 Å². The number of hydrogen-bond acceptors (Lipinski definition) is 5. The van der Waals surface area contributed by atoms with Crippen LogP contribution in [0.15, 0.2) is 48.4 Å². The van der Waals surface area contributed by atoms with Gasteiger partial charge in [-0.05, 0) is 74.1 Å². The molecule has 2 aliphatic rings. The molecular weight excluding hydrogens is 454 g/mol. The minimum absolute atomic E-state index is 0.0878.